The number of carbonyl (C=O) groups is 1. The first-order valence-electron chi connectivity index (χ1n) is 9.22. The summed E-state index contributed by atoms with van der Waals surface area (Å²) in [5.41, 5.74) is 0.412. The molecule has 1 aliphatic heterocycles. The molecule has 4 bridgehead atoms. The second-order valence-electron chi connectivity index (χ2n) is 8.46. The predicted octanol–water partition coefficient (Wildman–Crippen LogP) is 2.04. The van der Waals surface area contributed by atoms with Crippen LogP contribution in [0.15, 0.2) is 0 Å². The van der Waals surface area contributed by atoms with Crippen LogP contribution in [0, 0.1) is 23.2 Å². The summed E-state index contributed by atoms with van der Waals surface area (Å²) in [6.07, 6.45) is 8.48. The number of hydrogen-bond donors (Lipinski definition) is 1. The maximum Gasteiger partial charge on any atom is 0.234 e. The lowest BCUT2D eigenvalue weighted by molar-refractivity contribution is -0.127. The fraction of sp³-hybridized carbons (Fsp3) is 0.944. The monoisotopic (exact) mass is 306 g/mol. The van der Waals surface area contributed by atoms with Crippen molar-refractivity contribution in [3.8, 4) is 0 Å². The molecule has 1 saturated heterocycles. The predicted molar refractivity (Wildman–Crippen MR) is 85.5 cm³/mol. The van der Waals surface area contributed by atoms with Crippen LogP contribution < -0.4 is 5.32 Å². The third kappa shape index (κ3) is 2.80. The van der Waals surface area contributed by atoms with Crippen molar-refractivity contribution >= 4 is 5.91 Å². The normalized spacial score (nSPS) is 42.3. The van der Waals surface area contributed by atoms with E-state index in [1.165, 1.54) is 38.5 Å². The van der Waals surface area contributed by atoms with Crippen molar-refractivity contribution in [2.24, 2.45) is 23.2 Å². The van der Waals surface area contributed by atoms with Crippen LogP contribution in [-0.2, 0) is 9.53 Å². The van der Waals surface area contributed by atoms with E-state index in [4.69, 9.17) is 4.74 Å². The first-order chi connectivity index (χ1) is 10.6. The third-order valence-corrected chi connectivity index (χ3v) is 6.85. The van der Waals surface area contributed by atoms with Crippen molar-refractivity contribution in [1.82, 2.24) is 10.2 Å². The number of carbonyl (C=O) groups excluding carboxylic acids is 1. The highest BCUT2D eigenvalue weighted by molar-refractivity contribution is 5.78. The number of amides is 1. The largest absolute Gasteiger partial charge is 0.379 e. The number of morpholine rings is 1. The Kier molecular flexibility index (Phi) is 3.93. The van der Waals surface area contributed by atoms with E-state index in [0.29, 0.717) is 18.0 Å². The highest BCUT2D eigenvalue weighted by Crippen LogP contribution is 2.61. The minimum absolute atomic E-state index is 0.213. The van der Waals surface area contributed by atoms with Crippen LogP contribution in [0.3, 0.4) is 0 Å². The molecule has 1 heterocycles. The van der Waals surface area contributed by atoms with Gasteiger partial charge in [-0.15, -0.1) is 0 Å². The SMILES string of the molecule is C[C@H](NC(=O)CN1CCOCC1)C12CC3CC(CC(C3)C1)C2. The van der Waals surface area contributed by atoms with Crippen molar-refractivity contribution in [3.63, 3.8) is 0 Å². The van der Waals surface area contributed by atoms with Crippen LogP contribution in [0.2, 0.25) is 0 Å². The zero-order valence-corrected chi connectivity index (χ0v) is 13.9. The smallest absolute Gasteiger partial charge is 0.234 e. The average molecular weight is 306 g/mol. The highest BCUT2D eigenvalue weighted by Gasteiger charge is 2.53. The van der Waals surface area contributed by atoms with E-state index in [1.807, 2.05) is 0 Å². The summed E-state index contributed by atoms with van der Waals surface area (Å²) in [4.78, 5) is 14.6. The van der Waals surface area contributed by atoms with Gasteiger partial charge in [0.1, 0.15) is 0 Å². The molecule has 4 saturated carbocycles. The molecule has 4 nitrogen and oxygen atoms in total. The highest BCUT2D eigenvalue weighted by atomic mass is 16.5. The summed E-state index contributed by atoms with van der Waals surface area (Å²) >= 11 is 0. The average Bonchev–Trinajstić information content (AvgIpc) is 2.46. The van der Waals surface area contributed by atoms with Crippen molar-refractivity contribution < 1.29 is 9.53 Å². The summed E-state index contributed by atoms with van der Waals surface area (Å²) in [6, 6.07) is 0.342. The van der Waals surface area contributed by atoms with Crippen LogP contribution in [0.25, 0.3) is 0 Å². The van der Waals surface area contributed by atoms with E-state index in [2.05, 4.69) is 17.1 Å². The summed E-state index contributed by atoms with van der Waals surface area (Å²) in [7, 11) is 0. The van der Waals surface area contributed by atoms with Gasteiger partial charge in [0.2, 0.25) is 5.91 Å². The van der Waals surface area contributed by atoms with Crippen LogP contribution in [0.4, 0.5) is 0 Å². The van der Waals surface area contributed by atoms with Gasteiger partial charge < -0.3 is 10.1 Å². The van der Waals surface area contributed by atoms with E-state index in [-0.39, 0.29) is 5.91 Å². The molecule has 124 valence electrons. The van der Waals surface area contributed by atoms with Gasteiger partial charge in [0, 0.05) is 19.1 Å². The standard InChI is InChI=1S/C18H30N2O2/c1-13(19-17(21)12-20-2-4-22-5-3-20)18-9-14-6-15(10-18)8-16(7-14)11-18/h13-16H,2-12H2,1H3,(H,19,21)/t13-,14?,15?,16?,18?/m0/s1. The molecule has 22 heavy (non-hydrogen) atoms. The molecule has 4 aliphatic carbocycles. The molecule has 5 fully saturated rings. The fourth-order valence-corrected chi connectivity index (χ4v) is 6.11. The number of nitrogens with one attached hydrogen (secondary N) is 1. The molecule has 5 rings (SSSR count). The van der Waals surface area contributed by atoms with Gasteiger partial charge in [-0.3, -0.25) is 9.69 Å². The summed E-state index contributed by atoms with van der Waals surface area (Å²) in [5.74, 6) is 3.06. The molecule has 0 spiro atoms. The zero-order valence-electron chi connectivity index (χ0n) is 13.9. The third-order valence-electron chi connectivity index (χ3n) is 6.85. The Balaban J connectivity index is 1.35. The molecule has 4 heteroatoms. The van der Waals surface area contributed by atoms with Crippen molar-refractivity contribution in [2.45, 2.75) is 51.5 Å². The number of ether oxygens (including phenoxy) is 1. The molecular weight excluding hydrogens is 276 g/mol. The van der Waals surface area contributed by atoms with E-state index in [1.54, 1.807) is 0 Å². The van der Waals surface area contributed by atoms with Gasteiger partial charge in [-0.25, -0.2) is 0 Å². The lowest BCUT2D eigenvalue weighted by Gasteiger charge is -2.59. The number of nitrogens with zero attached hydrogens (tertiary/aromatic N) is 1. The molecule has 0 unspecified atom stereocenters. The van der Waals surface area contributed by atoms with E-state index in [0.717, 1.165) is 44.1 Å². The lowest BCUT2D eigenvalue weighted by atomic mass is 9.48. The molecule has 1 amide bonds. The Morgan fingerprint density at radius 1 is 1.14 bits per heavy atom. The van der Waals surface area contributed by atoms with E-state index >= 15 is 0 Å². The summed E-state index contributed by atoms with van der Waals surface area (Å²) in [5, 5.41) is 3.36. The quantitative estimate of drug-likeness (QED) is 0.864. The maximum atomic E-state index is 12.4. The van der Waals surface area contributed by atoms with Gasteiger partial charge in [0.05, 0.1) is 19.8 Å². The summed E-state index contributed by atoms with van der Waals surface area (Å²) in [6.45, 7) is 6.11. The molecule has 0 aromatic heterocycles. The number of hydrogen-bond acceptors (Lipinski definition) is 3. The minimum Gasteiger partial charge on any atom is -0.379 e. The van der Waals surface area contributed by atoms with Gasteiger partial charge >= 0.3 is 0 Å². The van der Waals surface area contributed by atoms with Gasteiger partial charge in [-0.05, 0) is 68.6 Å². The van der Waals surface area contributed by atoms with Crippen LogP contribution >= 0.6 is 0 Å². The maximum absolute atomic E-state index is 12.4. The molecule has 0 aromatic rings. The van der Waals surface area contributed by atoms with Crippen LogP contribution in [0.5, 0.6) is 0 Å². The van der Waals surface area contributed by atoms with Crippen LogP contribution in [-0.4, -0.2) is 49.7 Å². The molecule has 0 radical (unpaired) electrons. The zero-order chi connectivity index (χ0) is 15.2. The molecular formula is C18H30N2O2. The van der Waals surface area contributed by atoms with E-state index < -0.39 is 0 Å². The van der Waals surface area contributed by atoms with E-state index in [9.17, 15) is 4.79 Å². The Bertz CT molecular complexity index is 396. The van der Waals surface area contributed by atoms with Gasteiger partial charge in [-0.1, -0.05) is 0 Å². The Morgan fingerprint density at radius 3 is 2.23 bits per heavy atom. The topological polar surface area (TPSA) is 41.6 Å². The molecule has 5 aliphatic rings. The summed E-state index contributed by atoms with van der Waals surface area (Å²) < 4.78 is 5.35. The van der Waals surface area contributed by atoms with Gasteiger partial charge in [0.25, 0.3) is 0 Å². The lowest BCUT2D eigenvalue weighted by Crippen LogP contribution is -2.57. The first-order valence-corrected chi connectivity index (χ1v) is 9.22. The van der Waals surface area contributed by atoms with Crippen LogP contribution in [0.1, 0.15) is 45.4 Å². The minimum atomic E-state index is 0.213. The second kappa shape index (κ2) is 5.79. The Hall–Kier alpha value is -0.610. The fourth-order valence-electron chi connectivity index (χ4n) is 6.11. The second-order valence-corrected chi connectivity index (χ2v) is 8.46. The Morgan fingerprint density at radius 2 is 1.68 bits per heavy atom. The van der Waals surface area contributed by atoms with Gasteiger partial charge in [-0.2, -0.15) is 0 Å². The van der Waals surface area contributed by atoms with Gasteiger partial charge in [0.15, 0.2) is 0 Å². The van der Waals surface area contributed by atoms with Crippen molar-refractivity contribution in [3.05, 3.63) is 0 Å². The van der Waals surface area contributed by atoms with Crippen molar-refractivity contribution in [1.29, 1.82) is 0 Å². The molecule has 1 atom stereocenters. The van der Waals surface area contributed by atoms with Crippen molar-refractivity contribution in [2.75, 3.05) is 32.8 Å². The Labute approximate surface area is 134 Å². The molecule has 1 N–H and O–H groups in total. The number of rotatable bonds is 4. The first kappa shape index (κ1) is 14.9. The molecule has 0 aromatic carbocycles.